The van der Waals surface area contributed by atoms with Crippen molar-refractivity contribution in [3.05, 3.63) is 71.8 Å². The topological polar surface area (TPSA) is 29.5 Å². The number of Topliss-reactive ketones (excluding diaryl/α,β-unsaturated/α-hetero) is 1. The van der Waals surface area contributed by atoms with Gasteiger partial charge in [-0.25, -0.2) is 0 Å². The quantitative estimate of drug-likeness (QED) is 0.786. The molecule has 0 fully saturated rings. The minimum Gasteiger partial charge on any atom is -0.480 e. The number of ketones is 1. The van der Waals surface area contributed by atoms with Crippen LogP contribution in [0.25, 0.3) is 0 Å². The second kappa shape index (κ2) is 5.09. The molecule has 2 aromatic rings. The van der Waals surface area contributed by atoms with E-state index in [-0.39, 0.29) is 5.78 Å². The minimum atomic E-state index is -0.413. The van der Waals surface area contributed by atoms with Gasteiger partial charge in [-0.3, -0.25) is 4.79 Å². The van der Waals surface area contributed by atoms with Crippen molar-refractivity contribution in [1.29, 1.82) is 0 Å². The molecule has 0 amide bonds. The third-order valence-electron chi connectivity index (χ3n) is 3.70. The Morgan fingerprint density at radius 1 is 1.05 bits per heavy atom. The number of anilines is 1. The summed E-state index contributed by atoms with van der Waals surface area (Å²) in [5, 5.41) is 0. The first kappa shape index (κ1) is 13.4. The molecule has 1 heterocycles. The number of nitrogens with zero attached hydrogens (tertiary/aromatic N) is 1. The standard InChI is InChI=1S/C18H17NO2/c1-12-17(20)15-6-4-5-7-16(15)21-18(12)13-8-10-14(11-9-13)19(2)3/h4-11,18H,1H2,2-3H3/t18-/m0/s1. The van der Waals surface area contributed by atoms with E-state index in [0.29, 0.717) is 16.9 Å². The molecule has 3 rings (SSSR count). The lowest BCUT2D eigenvalue weighted by atomic mass is 9.92. The summed E-state index contributed by atoms with van der Waals surface area (Å²) >= 11 is 0. The fourth-order valence-corrected chi connectivity index (χ4v) is 2.46. The van der Waals surface area contributed by atoms with Crippen LogP contribution in [0.3, 0.4) is 0 Å². The van der Waals surface area contributed by atoms with E-state index in [1.54, 1.807) is 6.07 Å². The third kappa shape index (κ3) is 2.31. The van der Waals surface area contributed by atoms with Gasteiger partial charge in [-0.2, -0.15) is 0 Å². The summed E-state index contributed by atoms with van der Waals surface area (Å²) in [7, 11) is 3.98. The highest BCUT2D eigenvalue weighted by Crippen LogP contribution is 2.37. The summed E-state index contributed by atoms with van der Waals surface area (Å²) in [6.07, 6.45) is -0.413. The van der Waals surface area contributed by atoms with Crippen LogP contribution in [0.5, 0.6) is 5.75 Å². The fourth-order valence-electron chi connectivity index (χ4n) is 2.46. The van der Waals surface area contributed by atoms with E-state index >= 15 is 0 Å². The molecule has 0 saturated carbocycles. The number of carbonyl (C=O) groups is 1. The molecule has 0 spiro atoms. The van der Waals surface area contributed by atoms with E-state index in [4.69, 9.17) is 4.74 Å². The number of rotatable bonds is 2. The maximum Gasteiger partial charge on any atom is 0.196 e. The fraction of sp³-hybridized carbons (Fsp3) is 0.167. The second-order valence-electron chi connectivity index (χ2n) is 5.33. The number of hydrogen-bond acceptors (Lipinski definition) is 3. The summed E-state index contributed by atoms with van der Waals surface area (Å²) in [5.41, 5.74) is 3.11. The van der Waals surface area contributed by atoms with Gasteiger partial charge in [0.25, 0.3) is 0 Å². The molecule has 0 radical (unpaired) electrons. The predicted molar refractivity (Wildman–Crippen MR) is 84.1 cm³/mol. The second-order valence-corrected chi connectivity index (χ2v) is 5.33. The molecule has 21 heavy (non-hydrogen) atoms. The Morgan fingerprint density at radius 2 is 1.71 bits per heavy atom. The Kier molecular flexibility index (Phi) is 3.26. The maximum atomic E-state index is 12.4. The van der Waals surface area contributed by atoms with Gasteiger partial charge >= 0.3 is 0 Å². The molecule has 1 aliphatic heterocycles. The normalized spacial score (nSPS) is 17.1. The van der Waals surface area contributed by atoms with Crippen molar-refractivity contribution in [3.63, 3.8) is 0 Å². The Balaban J connectivity index is 1.97. The highest BCUT2D eigenvalue weighted by molar-refractivity contribution is 6.11. The zero-order valence-corrected chi connectivity index (χ0v) is 12.2. The van der Waals surface area contributed by atoms with E-state index in [0.717, 1.165) is 11.3 Å². The van der Waals surface area contributed by atoms with Crippen molar-refractivity contribution in [2.45, 2.75) is 6.10 Å². The third-order valence-corrected chi connectivity index (χ3v) is 3.70. The van der Waals surface area contributed by atoms with Gasteiger partial charge in [0.15, 0.2) is 11.9 Å². The lowest BCUT2D eigenvalue weighted by Crippen LogP contribution is -2.23. The maximum absolute atomic E-state index is 12.4. The van der Waals surface area contributed by atoms with Gasteiger partial charge in [-0.1, -0.05) is 30.8 Å². The molecule has 0 N–H and O–H groups in total. The number of benzene rings is 2. The highest BCUT2D eigenvalue weighted by atomic mass is 16.5. The molecule has 3 heteroatoms. The van der Waals surface area contributed by atoms with Crippen LogP contribution < -0.4 is 9.64 Å². The summed E-state index contributed by atoms with van der Waals surface area (Å²) in [5.74, 6) is 0.579. The lowest BCUT2D eigenvalue weighted by Gasteiger charge is -2.27. The van der Waals surface area contributed by atoms with Crippen molar-refractivity contribution in [2.24, 2.45) is 0 Å². The number of carbonyl (C=O) groups excluding carboxylic acids is 1. The summed E-state index contributed by atoms with van der Waals surface area (Å²) in [4.78, 5) is 14.4. The van der Waals surface area contributed by atoms with Crippen LogP contribution in [-0.2, 0) is 0 Å². The van der Waals surface area contributed by atoms with Crippen LogP contribution in [0.2, 0.25) is 0 Å². The SMILES string of the molecule is C=C1C(=O)c2ccccc2O[C@@H]1c1ccc(N(C)C)cc1. The van der Waals surface area contributed by atoms with Crippen LogP contribution in [-0.4, -0.2) is 19.9 Å². The van der Waals surface area contributed by atoms with Crippen molar-refractivity contribution in [3.8, 4) is 5.75 Å². The first-order valence-electron chi connectivity index (χ1n) is 6.84. The van der Waals surface area contributed by atoms with Crippen molar-refractivity contribution in [2.75, 3.05) is 19.0 Å². The highest BCUT2D eigenvalue weighted by Gasteiger charge is 2.31. The summed E-state index contributed by atoms with van der Waals surface area (Å²) < 4.78 is 5.97. The first-order chi connectivity index (χ1) is 10.1. The molecule has 0 bridgehead atoms. The van der Waals surface area contributed by atoms with Crippen LogP contribution >= 0.6 is 0 Å². The Labute approximate surface area is 124 Å². The van der Waals surface area contributed by atoms with Crippen LogP contribution in [0.1, 0.15) is 22.0 Å². The molecular weight excluding hydrogens is 262 g/mol. The van der Waals surface area contributed by atoms with E-state index < -0.39 is 6.10 Å². The van der Waals surface area contributed by atoms with Crippen LogP contribution in [0, 0.1) is 0 Å². The molecule has 3 nitrogen and oxygen atoms in total. The zero-order chi connectivity index (χ0) is 15.0. The largest absolute Gasteiger partial charge is 0.480 e. The zero-order valence-electron chi connectivity index (χ0n) is 12.2. The molecule has 1 aliphatic rings. The molecule has 0 aromatic heterocycles. The van der Waals surface area contributed by atoms with Crippen LogP contribution in [0.4, 0.5) is 5.69 Å². The van der Waals surface area contributed by atoms with Gasteiger partial charge in [0, 0.05) is 25.4 Å². The number of hydrogen-bond donors (Lipinski definition) is 0. The monoisotopic (exact) mass is 279 g/mol. The van der Waals surface area contributed by atoms with E-state index in [9.17, 15) is 4.79 Å². The molecule has 1 atom stereocenters. The summed E-state index contributed by atoms with van der Waals surface area (Å²) in [6, 6.07) is 15.3. The van der Waals surface area contributed by atoms with Gasteiger partial charge in [-0.05, 0) is 29.8 Å². The van der Waals surface area contributed by atoms with Crippen LogP contribution in [0.15, 0.2) is 60.7 Å². The molecule has 106 valence electrons. The van der Waals surface area contributed by atoms with Crippen molar-refractivity contribution < 1.29 is 9.53 Å². The van der Waals surface area contributed by atoms with Gasteiger partial charge in [0.2, 0.25) is 0 Å². The van der Waals surface area contributed by atoms with E-state index in [2.05, 4.69) is 6.58 Å². The smallest absolute Gasteiger partial charge is 0.196 e. The number of para-hydroxylation sites is 1. The Morgan fingerprint density at radius 3 is 2.38 bits per heavy atom. The molecule has 0 saturated heterocycles. The summed E-state index contributed by atoms with van der Waals surface area (Å²) in [6.45, 7) is 3.92. The Bertz CT molecular complexity index is 701. The minimum absolute atomic E-state index is 0.0430. The van der Waals surface area contributed by atoms with Crippen molar-refractivity contribution in [1.82, 2.24) is 0 Å². The lowest BCUT2D eigenvalue weighted by molar-refractivity contribution is 0.0962. The van der Waals surface area contributed by atoms with Crippen molar-refractivity contribution >= 4 is 11.5 Å². The number of fused-ring (bicyclic) bond motifs is 1. The first-order valence-corrected chi connectivity index (χ1v) is 6.84. The molecular formula is C18H17NO2. The van der Waals surface area contributed by atoms with E-state index in [1.165, 1.54) is 0 Å². The predicted octanol–water partition coefficient (Wildman–Crippen LogP) is 3.63. The average Bonchev–Trinajstić information content (AvgIpc) is 2.51. The van der Waals surface area contributed by atoms with Gasteiger partial charge in [0.05, 0.1) is 5.56 Å². The molecule has 0 aliphatic carbocycles. The molecule has 2 aromatic carbocycles. The average molecular weight is 279 g/mol. The van der Waals surface area contributed by atoms with Gasteiger partial charge in [0.1, 0.15) is 5.75 Å². The van der Waals surface area contributed by atoms with Gasteiger partial charge in [-0.15, -0.1) is 0 Å². The Hall–Kier alpha value is -2.55. The van der Waals surface area contributed by atoms with E-state index in [1.807, 2.05) is 61.5 Å². The van der Waals surface area contributed by atoms with Gasteiger partial charge < -0.3 is 9.64 Å². The molecule has 0 unspecified atom stereocenters. The number of ether oxygens (including phenoxy) is 1.